The summed E-state index contributed by atoms with van der Waals surface area (Å²) < 4.78 is 15.6. The van der Waals surface area contributed by atoms with Crippen molar-refractivity contribution in [3.63, 3.8) is 0 Å². The fraction of sp³-hybridized carbons (Fsp3) is 0.357. The topological polar surface area (TPSA) is 71.8 Å². The molecule has 2 heterocycles. The number of aromatic nitrogens is 3. The molecule has 0 bridgehead atoms. The summed E-state index contributed by atoms with van der Waals surface area (Å²) >= 11 is 0. The lowest BCUT2D eigenvalue weighted by molar-refractivity contribution is 0.243. The number of carbonyl (C=O) groups excluding carboxylic acids is 1. The van der Waals surface area contributed by atoms with Gasteiger partial charge in [0.15, 0.2) is 0 Å². The second kappa shape index (κ2) is 5.51. The Morgan fingerprint density at radius 3 is 3.19 bits per heavy atom. The first kappa shape index (κ1) is 13.5. The van der Waals surface area contributed by atoms with Crippen LogP contribution in [0.25, 0.3) is 0 Å². The number of nitrogens with one attached hydrogen (secondary N) is 2. The molecule has 0 aliphatic carbocycles. The van der Waals surface area contributed by atoms with Gasteiger partial charge >= 0.3 is 6.03 Å². The summed E-state index contributed by atoms with van der Waals surface area (Å²) in [4.78, 5) is 16.1. The predicted molar refractivity (Wildman–Crippen MR) is 75.4 cm³/mol. The van der Waals surface area contributed by atoms with Crippen molar-refractivity contribution in [2.75, 3.05) is 5.32 Å². The summed E-state index contributed by atoms with van der Waals surface area (Å²) in [6.45, 7) is 2.24. The molecule has 0 unspecified atom stereocenters. The van der Waals surface area contributed by atoms with Crippen LogP contribution in [-0.2, 0) is 13.0 Å². The molecule has 1 aliphatic heterocycles. The van der Waals surface area contributed by atoms with Crippen LogP contribution in [0.2, 0.25) is 0 Å². The maximum Gasteiger partial charge on any atom is 0.319 e. The second-order valence-corrected chi connectivity index (χ2v) is 5.13. The number of hydrogen-bond donors (Lipinski definition) is 2. The molecular weight excluding hydrogens is 273 g/mol. The third kappa shape index (κ3) is 2.86. The average Bonchev–Trinajstić information content (AvgIpc) is 2.91. The molecule has 7 heteroatoms. The minimum atomic E-state index is -0.409. The van der Waals surface area contributed by atoms with Gasteiger partial charge in [-0.2, -0.15) is 5.10 Å². The van der Waals surface area contributed by atoms with Gasteiger partial charge in [-0.1, -0.05) is 12.1 Å². The molecule has 0 spiro atoms. The number of fused-ring (bicyclic) bond motifs is 1. The van der Waals surface area contributed by atoms with Crippen LogP contribution in [0.15, 0.2) is 24.5 Å². The van der Waals surface area contributed by atoms with Crippen LogP contribution in [-0.4, -0.2) is 26.8 Å². The van der Waals surface area contributed by atoms with Gasteiger partial charge in [0.25, 0.3) is 0 Å². The minimum absolute atomic E-state index is 0.0351. The van der Waals surface area contributed by atoms with E-state index in [1.54, 1.807) is 23.7 Å². The quantitative estimate of drug-likeness (QED) is 0.886. The molecule has 1 atom stereocenters. The Labute approximate surface area is 121 Å². The summed E-state index contributed by atoms with van der Waals surface area (Å²) in [5.41, 5.74) is 0.683. The van der Waals surface area contributed by atoms with Gasteiger partial charge in [0.2, 0.25) is 0 Å². The van der Waals surface area contributed by atoms with Crippen molar-refractivity contribution in [3.05, 3.63) is 41.7 Å². The Balaban J connectivity index is 1.61. The summed E-state index contributed by atoms with van der Waals surface area (Å²) in [7, 11) is 0. The van der Waals surface area contributed by atoms with Gasteiger partial charge in [-0.05, 0) is 25.0 Å². The van der Waals surface area contributed by atoms with Crippen LogP contribution in [0.5, 0.6) is 0 Å². The van der Waals surface area contributed by atoms with E-state index in [0.717, 1.165) is 18.7 Å². The van der Waals surface area contributed by atoms with Crippen molar-refractivity contribution in [1.29, 1.82) is 0 Å². The van der Waals surface area contributed by atoms with Crippen molar-refractivity contribution < 1.29 is 9.18 Å². The standard InChI is InChI=1S/C14H16FN5O/c1-9-3-2-4-11(13(9)15)19-14(21)18-10-5-6-12-16-8-17-20(12)7-10/h2-4,8,10H,5-7H2,1H3,(H2,18,19,21)/t10-/m0/s1. The normalized spacial score (nSPS) is 17.1. The SMILES string of the molecule is Cc1cccc(NC(=O)N[C@H]2CCc3ncnn3C2)c1F. The minimum Gasteiger partial charge on any atom is -0.333 e. The van der Waals surface area contributed by atoms with Crippen LogP contribution >= 0.6 is 0 Å². The molecule has 1 aromatic carbocycles. The average molecular weight is 289 g/mol. The molecule has 1 aromatic heterocycles. The number of halogens is 1. The van der Waals surface area contributed by atoms with Gasteiger partial charge < -0.3 is 10.6 Å². The van der Waals surface area contributed by atoms with Crippen molar-refractivity contribution in [3.8, 4) is 0 Å². The van der Waals surface area contributed by atoms with Gasteiger partial charge in [0, 0.05) is 6.42 Å². The summed E-state index contributed by atoms with van der Waals surface area (Å²) in [5, 5.41) is 9.48. The molecule has 0 saturated carbocycles. The second-order valence-electron chi connectivity index (χ2n) is 5.13. The van der Waals surface area contributed by atoms with E-state index in [2.05, 4.69) is 20.7 Å². The molecule has 0 fully saturated rings. The predicted octanol–water partition coefficient (Wildman–Crippen LogP) is 1.86. The molecule has 2 amide bonds. The Kier molecular flexibility index (Phi) is 3.55. The highest BCUT2D eigenvalue weighted by molar-refractivity contribution is 5.89. The number of hydrogen-bond acceptors (Lipinski definition) is 3. The van der Waals surface area contributed by atoms with E-state index in [1.165, 1.54) is 12.4 Å². The number of anilines is 1. The lowest BCUT2D eigenvalue weighted by atomic mass is 10.1. The number of rotatable bonds is 2. The lowest BCUT2D eigenvalue weighted by Gasteiger charge is -2.23. The van der Waals surface area contributed by atoms with Crippen LogP contribution in [0.4, 0.5) is 14.9 Å². The summed E-state index contributed by atoms with van der Waals surface area (Å²) in [6, 6.07) is 4.46. The molecule has 0 saturated heterocycles. The molecule has 6 nitrogen and oxygen atoms in total. The Bertz CT molecular complexity index is 669. The molecule has 3 rings (SSSR count). The Morgan fingerprint density at radius 2 is 2.33 bits per heavy atom. The first-order valence-corrected chi connectivity index (χ1v) is 6.83. The number of aryl methyl sites for hydroxylation is 2. The van der Waals surface area contributed by atoms with Crippen LogP contribution in [0.1, 0.15) is 17.8 Å². The van der Waals surface area contributed by atoms with Crippen molar-refractivity contribution in [2.45, 2.75) is 32.4 Å². The maximum absolute atomic E-state index is 13.8. The number of urea groups is 1. The fourth-order valence-electron chi connectivity index (χ4n) is 2.44. The first-order chi connectivity index (χ1) is 10.1. The van der Waals surface area contributed by atoms with E-state index in [-0.39, 0.29) is 11.7 Å². The zero-order chi connectivity index (χ0) is 14.8. The summed E-state index contributed by atoms with van der Waals surface area (Å²) in [6.07, 6.45) is 3.08. The molecular formula is C14H16FN5O. The Hall–Kier alpha value is -2.44. The number of benzene rings is 1. The smallest absolute Gasteiger partial charge is 0.319 e. The highest BCUT2D eigenvalue weighted by Gasteiger charge is 2.21. The van der Waals surface area contributed by atoms with Crippen LogP contribution in [0.3, 0.4) is 0 Å². The number of amides is 2. The van der Waals surface area contributed by atoms with Gasteiger partial charge in [-0.15, -0.1) is 0 Å². The Morgan fingerprint density at radius 1 is 1.48 bits per heavy atom. The highest BCUT2D eigenvalue weighted by Crippen LogP contribution is 2.17. The van der Waals surface area contributed by atoms with E-state index in [1.807, 2.05) is 0 Å². The lowest BCUT2D eigenvalue weighted by Crippen LogP contribution is -2.43. The number of carbonyl (C=O) groups is 1. The number of nitrogens with zero attached hydrogens (tertiary/aromatic N) is 3. The van der Waals surface area contributed by atoms with Gasteiger partial charge in [-0.3, -0.25) is 0 Å². The van der Waals surface area contributed by atoms with E-state index in [9.17, 15) is 9.18 Å². The first-order valence-electron chi connectivity index (χ1n) is 6.83. The molecule has 21 heavy (non-hydrogen) atoms. The van der Waals surface area contributed by atoms with Crippen molar-refractivity contribution in [1.82, 2.24) is 20.1 Å². The molecule has 2 N–H and O–H groups in total. The zero-order valence-corrected chi connectivity index (χ0v) is 11.6. The van der Waals surface area contributed by atoms with E-state index in [0.29, 0.717) is 12.1 Å². The largest absolute Gasteiger partial charge is 0.333 e. The fourth-order valence-corrected chi connectivity index (χ4v) is 2.44. The van der Waals surface area contributed by atoms with E-state index >= 15 is 0 Å². The van der Waals surface area contributed by atoms with E-state index < -0.39 is 11.8 Å². The molecule has 0 radical (unpaired) electrons. The van der Waals surface area contributed by atoms with Gasteiger partial charge in [-0.25, -0.2) is 18.9 Å². The van der Waals surface area contributed by atoms with Crippen LogP contribution in [0, 0.1) is 12.7 Å². The maximum atomic E-state index is 13.8. The van der Waals surface area contributed by atoms with Gasteiger partial charge in [0.05, 0.1) is 18.3 Å². The molecule has 110 valence electrons. The third-order valence-electron chi connectivity index (χ3n) is 3.58. The van der Waals surface area contributed by atoms with Crippen LogP contribution < -0.4 is 10.6 Å². The zero-order valence-electron chi connectivity index (χ0n) is 11.6. The van der Waals surface area contributed by atoms with Crippen molar-refractivity contribution >= 4 is 11.7 Å². The molecule has 2 aromatic rings. The van der Waals surface area contributed by atoms with Crippen molar-refractivity contribution in [2.24, 2.45) is 0 Å². The third-order valence-corrected chi connectivity index (χ3v) is 3.58. The van der Waals surface area contributed by atoms with E-state index in [4.69, 9.17) is 0 Å². The monoisotopic (exact) mass is 289 g/mol. The highest BCUT2D eigenvalue weighted by atomic mass is 19.1. The molecule has 1 aliphatic rings. The van der Waals surface area contributed by atoms with Gasteiger partial charge in [0.1, 0.15) is 18.0 Å². The summed E-state index contributed by atoms with van der Waals surface area (Å²) in [5.74, 6) is 0.521.